The molecule has 0 bridgehead atoms. The molecule has 0 saturated heterocycles. The van der Waals surface area contributed by atoms with Crippen LogP contribution in [0.15, 0.2) is 97.2 Å². The fourth-order valence-corrected chi connectivity index (χ4v) is 3.05. The Hall–Kier alpha value is -3.86. The molecule has 0 spiro atoms. The van der Waals surface area contributed by atoms with Gasteiger partial charge >= 0.3 is 0 Å². The Morgan fingerprint density at radius 1 is 0.800 bits per heavy atom. The van der Waals surface area contributed by atoms with Crippen molar-refractivity contribution in [1.82, 2.24) is 9.97 Å². The molecule has 1 aromatic heterocycles. The van der Waals surface area contributed by atoms with E-state index in [0.29, 0.717) is 12.6 Å². The Balaban J connectivity index is 1.36. The Morgan fingerprint density at radius 2 is 1.47 bits per heavy atom. The van der Waals surface area contributed by atoms with E-state index in [-0.39, 0.29) is 0 Å². The second kappa shape index (κ2) is 9.56. The molecule has 0 fully saturated rings. The fraction of sp³-hybridized carbons (Fsp3) is 0.120. The Bertz CT molecular complexity index is 1050. The summed E-state index contributed by atoms with van der Waals surface area (Å²) in [7, 11) is 1.99. The van der Waals surface area contributed by atoms with Crippen molar-refractivity contribution in [3.63, 3.8) is 0 Å². The van der Waals surface area contributed by atoms with Gasteiger partial charge < -0.3 is 15.0 Å². The number of benzene rings is 3. The van der Waals surface area contributed by atoms with E-state index in [9.17, 15) is 0 Å². The van der Waals surface area contributed by atoms with Crippen molar-refractivity contribution in [2.24, 2.45) is 0 Å². The number of nitrogens with zero attached hydrogens (tertiary/aromatic N) is 3. The van der Waals surface area contributed by atoms with E-state index in [2.05, 4.69) is 39.6 Å². The summed E-state index contributed by atoms with van der Waals surface area (Å²) < 4.78 is 5.84. The lowest BCUT2D eigenvalue weighted by molar-refractivity contribution is 0.306. The van der Waals surface area contributed by atoms with E-state index in [1.807, 2.05) is 78.7 Å². The van der Waals surface area contributed by atoms with Gasteiger partial charge in [-0.2, -0.15) is 4.98 Å². The van der Waals surface area contributed by atoms with Gasteiger partial charge in [-0.15, -0.1) is 0 Å². The normalized spacial score (nSPS) is 10.4. The lowest BCUT2D eigenvalue weighted by Gasteiger charge is -2.18. The van der Waals surface area contributed by atoms with E-state index < -0.39 is 0 Å². The van der Waals surface area contributed by atoms with Crippen LogP contribution in [0.5, 0.6) is 5.75 Å². The quantitative estimate of drug-likeness (QED) is 0.430. The van der Waals surface area contributed by atoms with E-state index in [1.165, 1.54) is 5.56 Å². The van der Waals surface area contributed by atoms with E-state index >= 15 is 0 Å². The van der Waals surface area contributed by atoms with Crippen LogP contribution in [0.3, 0.4) is 0 Å². The zero-order chi connectivity index (χ0) is 20.6. The minimum absolute atomic E-state index is 0.552. The van der Waals surface area contributed by atoms with Crippen LogP contribution in [-0.2, 0) is 13.2 Å². The molecule has 4 rings (SSSR count). The summed E-state index contributed by atoms with van der Waals surface area (Å²) in [5.74, 6) is 2.25. The van der Waals surface area contributed by atoms with Gasteiger partial charge in [-0.05, 0) is 41.5 Å². The maximum absolute atomic E-state index is 5.84. The summed E-state index contributed by atoms with van der Waals surface area (Å²) in [5, 5.41) is 3.33. The van der Waals surface area contributed by atoms with Gasteiger partial charge in [0.1, 0.15) is 18.2 Å². The van der Waals surface area contributed by atoms with Crippen LogP contribution < -0.4 is 15.0 Å². The third-order valence-electron chi connectivity index (χ3n) is 4.62. The van der Waals surface area contributed by atoms with Gasteiger partial charge in [0, 0.05) is 25.5 Å². The second-order valence-electron chi connectivity index (χ2n) is 7.01. The molecule has 30 heavy (non-hydrogen) atoms. The van der Waals surface area contributed by atoms with Crippen LogP contribution in [0, 0.1) is 0 Å². The number of hydrogen-bond acceptors (Lipinski definition) is 5. The molecule has 5 nitrogen and oxygen atoms in total. The molecule has 150 valence electrons. The van der Waals surface area contributed by atoms with Gasteiger partial charge in [-0.25, -0.2) is 4.98 Å². The van der Waals surface area contributed by atoms with Crippen LogP contribution in [0.25, 0.3) is 0 Å². The van der Waals surface area contributed by atoms with Crippen LogP contribution in [-0.4, -0.2) is 17.0 Å². The molecule has 1 heterocycles. The maximum Gasteiger partial charge on any atom is 0.227 e. The van der Waals surface area contributed by atoms with Gasteiger partial charge in [-0.1, -0.05) is 60.7 Å². The molecule has 0 aliphatic heterocycles. The molecule has 1 N–H and O–H groups in total. The highest BCUT2D eigenvalue weighted by atomic mass is 16.5. The van der Waals surface area contributed by atoms with Crippen molar-refractivity contribution >= 4 is 17.5 Å². The molecule has 0 aliphatic rings. The second-order valence-corrected chi connectivity index (χ2v) is 7.01. The molecule has 0 amide bonds. The van der Waals surface area contributed by atoms with Gasteiger partial charge in [0.05, 0.1) is 0 Å². The molecule has 0 atom stereocenters. The summed E-state index contributed by atoms with van der Waals surface area (Å²) in [6, 6.07) is 30.1. The highest BCUT2D eigenvalue weighted by Crippen LogP contribution is 2.21. The number of rotatable bonds is 8. The topological polar surface area (TPSA) is 50.3 Å². The lowest BCUT2D eigenvalue weighted by atomic mass is 10.2. The monoisotopic (exact) mass is 396 g/mol. The van der Waals surface area contributed by atoms with Gasteiger partial charge in [-0.3, -0.25) is 0 Å². The summed E-state index contributed by atoms with van der Waals surface area (Å²) in [6.45, 7) is 1.30. The van der Waals surface area contributed by atoms with Gasteiger partial charge in [0.25, 0.3) is 0 Å². The first-order chi connectivity index (χ1) is 14.8. The molecule has 0 aliphatic carbocycles. The van der Waals surface area contributed by atoms with Gasteiger partial charge in [0.15, 0.2) is 0 Å². The molecule has 0 saturated carbocycles. The first-order valence-corrected chi connectivity index (χ1v) is 9.88. The van der Waals surface area contributed by atoms with Crippen molar-refractivity contribution in [3.05, 3.63) is 108 Å². The largest absolute Gasteiger partial charge is 0.489 e. The van der Waals surface area contributed by atoms with Crippen molar-refractivity contribution in [2.75, 3.05) is 17.3 Å². The molecule has 4 aromatic rings. The average Bonchev–Trinajstić information content (AvgIpc) is 2.80. The Kier molecular flexibility index (Phi) is 6.20. The number of hydrogen-bond donors (Lipinski definition) is 1. The lowest BCUT2D eigenvalue weighted by Crippen LogP contribution is -2.19. The van der Waals surface area contributed by atoms with Crippen LogP contribution >= 0.6 is 0 Å². The zero-order valence-corrected chi connectivity index (χ0v) is 16.9. The third-order valence-corrected chi connectivity index (χ3v) is 4.62. The third kappa shape index (κ3) is 5.35. The molecular weight excluding hydrogens is 372 g/mol. The Morgan fingerprint density at radius 3 is 2.17 bits per heavy atom. The highest BCUT2D eigenvalue weighted by Gasteiger charge is 2.07. The van der Waals surface area contributed by atoms with Crippen molar-refractivity contribution in [1.29, 1.82) is 0 Å². The van der Waals surface area contributed by atoms with Crippen molar-refractivity contribution < 1.29 is 4.74 Å². The number of ether oxygens (including phenoxy) is 1. The zero-order valence-electron chi connectivity index (χ0n) is 16.9. The minimum atomic E-state index is 0.552. The van der Waals surface area contributed by atoms with Crippen LogP contribution in [0.4, 0.5) is 17.5 Å². The molecule has 5 heteroatoms. The van der Waals surface area contributed by atoms with Gasteiger partial charge in [0.2, 0.25) is 5.95 Å². The summed E-state index contributed by atoms with van der Waals surface area (Å²) in [6.07, 6.45) is 1.77. The Labute approximate surface area is 177 Å². The first-order valence-electron chi connectivity index (χ1n) is 9.88. The molecule has 0 radical (unpaired) electrons. The average molecular weight is 396 g/mol. The summed E-state index contributed by atoms with van der Waals surface area (Å²) in [4.78, 5) is 11.1. The summed E-state index contributed by atoms with van der Waals surface area (Å²) in [5.41, 5.74) is 3.30. The van der Waals surface area contributed by atoms with Crippen molar-refractivity contribution in [3.8, 4) is 5.75 Å². The standard InChI is InChI=1S/C25H24N4O/c1-29(18-20-8-4-2-5-9-20)25-26-17-16-24(28-25)27-22-12-14-23(15-13-22)30-19-21-10-6-3-7-11-21/h2-17H,18-19H2,1H3,(H,26,27,28). The van der Waals surface area contributed by atoms with E-state index in [4.69, 9.17) is 4.74 Å². The molecule has 0 unspecified atom stereocenters. The molecular formula is C25H24N4O. The number of anilines is 3. The predicted molar refractivity (Wildman–Crippen MR) is 121 cm³/mol. The smallest absolute Gasteiger partial charge is 0.227 e. The van der Waals surface area contributed by atoms with Crippen LogP contribution in [0.2, 0.25) is 0 Å². The fourth-order valence-electron chi connectivity index (χ4n) is 3.05. The highest BCUT2D eigenvalue weighted by molar-refractivity contribution is 5.58. The SMILES string of the molecule is CN(Cc1ccccc1)c1nccc(Nc2ccc(OCc3ccccc3)cc2)n1. The van der Waals surface area contributed by atoms with Crippen molar-refractivity contribution in [2.45, 2.75) is 13.2 Å². The van der Waals surface area contributed by atoms with Crippen LogP contribution in [0.1, 0.15) is 11.1 Å². The first kappa shape index (κ1) is 19.5. The molecule has 3 aromatic carbocycles. The van der Waals surface area contributed by atoms with E-state index in [1.54, 1.807) is 6.20 Å². The number of aromatic nitrogens is 2. The maximum atomic E-state index is 5.84. The predicted octanol–water partition coefficient (Wildman–Crippen LogP) is 5.44. The number of nitrogens with one attached hydrogen (secondary N) is 1. The minimum Gasteiger partial charge on any atom is -0.489 e. The summed E-state index contributed by atoms with van der Waals surface area (Å²) >= 11 is 0. The van der Waals surface area contributed by atoms with E-state index in [0.717, 1.165) is 29.4 Å².